The number of rotatable bonds is 6. The van der Waals surface area contributed by atoms with E-state index in [1.165, 1.54) is 29.8 Å². The maximum atomic E-state index is 12.0. The summed E-state index contributed by atoms with van der Waals surface area (Å²) in [4.78, 5) is 22.8. The smallest absolute Gasteiger partial charge is 0.335 e. The molecule has 1 fully saturated rings. The van der Waals surface area contributed by atoms with Crippen LogP contribution in [0.3, 0.4) is 0 Å². The molecule has 2 aromatic rings. The molecule has 0 spiro atoms. The predicted octanol–water partition coefficient (Wildman–Crippen LogP) is 1.52. The van der Waals surface area contributed by atoms with Crippen molar-refractivity contribution in [3.8, 4) is 0 Å². The minimum atomic E-state index is -1.01. The van der Waals surface area contributed by atoms with E-state index in [1.807, 2.05) is 17.1 Å². The van der Waals surface area contributed by atoms with Crippen LogP contribution in [0.4, 0.5) is 0 Å². The van der Waals surface area contributed by atoms with Crippen LogP contribution in [0, 0.1) is 0 Å². The van der Waals surface area contributed by atoms with Crippen molar-refractivity contribution in [2.24, 2.45) is 0 Å². The highest BCUT2D eigenvalue weighted by Crippen LogP contribution is 2.24. The van der Waals surface area contributed by atoms with Gasteiger partial charge in [-0.3, -0.25) is 9.48 Å². The van der Waals surface area contributed by atoms with Gasteiger partial charge in [0.1, 0.15) is 0 Å². The Morgan fingerprint density at radius 3 is 2.71 bits per heavy atom. The zero-order chi connectivity index (χ0) is 16.9. The summed E-state index contributed by atoms with van der Waals surface area (Å²) in [5, 5.41) is 16.0. The predicted molar refractivity (Wildman–Crippen MR) is 86.1 cm³/mol. The van der Waals surface area contributed by atoms with Crippen molar-refractivity contribution in [3.05, 3.63) is 53.3 Å². The van der Waals surface area contributed by atoms with Gasteiger partial charge in [0.05, 0.1) is 24.9 Å². The first kappa shape index (κ1) is 16.2. The average molecular weight is 329 g/mol. The fourth-order valence-corrected chi connectivity index (χ4v) is 2.66. The molecule has 2 N–H and O–H groups in total. The molecule has 1 amide bonds. The number of benzene rings is 1. The summed E-state index contributed by atoms with van der Waals surface area (Å²) in [5.74, 6) is -0.825. The number of hydrogen-bond acceptors (Lipinski definition) is 4. The molecule has 1 aliphatic rings. The number of carboxylic acid groups (broad SMARTS) is 1. The molecule has 0 saturated carbocycles. The second-order valence-corrected chi connectivity index (χ2v) is 5.74. The Labute approximate surface area is 139 Å². The van der Waals surface area contributed by atoms with Gasteiger partial charge in [-0.05, 0) is 36.2 Å². The van der Waals surface area contributed by atoms with E-state index in [9.17, 15) is 9.59 Å². The van der Waals surface area contributed by atoms with Gasteiger partial charge in [0.15, 0.2) is 0 Å². The maximum Gasteiger partial charge on any atom is 0.335 e. The van der Waals surface area contributed by atoms with Crippen molar-refractivity contribution in [3.63, 3.8) is 0 Å². The summed E-state index contributed by atoms with van der Waals surface area (Å²) in [6, 6.07) is 5.84. The lowest BCUT2D eigenvalue weighted by molar-refractivity contribution is 0.0696. The quantitative estimate of drug-likeness (QED) is 0.838. The minimum Gasteiger partial charge on any atom is -0.478 e. The average Bonchev–Trinajstić information content (AvgIpc) is 3.26. The van der Waals surface area contributed by atoms with Crippen LogP contribution < -0.4 is 5.32 Å². The van der Waals surface area contributed by atoms with E-state index in [2.05, 4.69) is 10.4 Å². The van der Waals surface area contributed by atoms with E-state index < -0.39 is 5.97 Å². The molecule has 1 aromatic heterocycles. The normalized spacial score (nSPS) is 16.9. The molecule has 1 aliphatic heterocycles. The SMILES string of the molecule is O=C(O)c1ccc(C(=O)NCCn2cc(C3CCOC3)cn2)cc1. The molecule has 1 unspecified atom stereocenters. The van der Waals surface area contributed by atoms with Gasteiger partial charge < -0.3 is 15.2 Å². The molecule has 2 heterocycles. The molecule has 1 atom stereocenters. The van der Waals surface area contributed by atoms with Crippen LogP contribution >= 0.6 is 0 Å². The Kier molecular flexibility index (Phi) is 4.90. The zero-order valence-electron chi connectivity index (χ0n) is 13.1. The van der Waals surface area contributed by atoms with Crippen molar-refractivity contribution >= 4 is 11.9 Å². The Balaban J connectivity index is 1.48. The first-order valence-corrected chi connectivity index (χ1v) is 7.85. The molecule has 0 radical (unpaired) electrons. The van der Waals surface area contributed by atoms with Crippen molar-refractivity contribution in [1.82, 2.24) is 15.1 Å². The van der Waals surface area contributed by atoms with E-state index in [4.69, 9.17) is 9.84 Å². The zero-order valence-corrected chi connectivity index (χ0v) is 13.1. The van der Waals surface area contributed by atoms with Crippen molar-refractivity contribution in [2.45, 2.75) is 18.9 Å². The molecule has 0 aliphatic carbocycles. The van der Waals surface area contributed by atoms with Crippen LogP contribution in [0.15, 0.2) is 36.7 Å². The number of hydrogen-bond donors (Lipinski definition) is 2. The monoisotopic (exact) mass is 329 g/mol. The van der Waals surface area contributed by atoms with Gasteiger partial charge in [0.25, 0.3) is 5.91 Å². The molecule has 24 heavy (non-hydrogen) atoms. The second-order valence-electron chi connectivity index (χ2n) is 5.74. The molecule has 126 valence electrons. The Hall–Kier alpha value is -2.67. The van der Waals surface area contributed by atoms with E-state index in [1.54, 1.807) is 0 Å². The van der Waals surface area contributed by atoms with Crippen LogP contribution in [0.5, 0.6) is 0 Å². The molecule has 1 saturated heterocycles. The molecule has 7 heteroatoms. The number of nitrogens with zero attached hydrogens (tertiary/aromatic N) is 2. The molecular weight excluding hydrogens is 310 g/mol. The fraction of sp³-hybridized carbons (Fsp3) is 0.353. The third-order valence-corrected chi connectivity index (χ3v) is 4.07. The van der Waals surface area contributed by atoms with Crippen molar-refractivity contribution in [2.75, 3.05) is 19.8 Å². The number of aromatic carboxylic acids is 1. The highest BCUT2D eigenvalue weighted by molar-refractivity contribution is 5.95. The van der Waals surface area contributed by atoms with Gasteiger partial charge in [-0.1, -0.05) is 0 Å². The highest BCUT2D eigenvalue weighted by Gasteiger charge is 2.19. The Morgan fingerprint density at radius 2 is 2.04 bits per heavy atom. The minimum absolute atomic E-state index is 0.159. The maximum absolute atomic E-state index is 12.0. The van der Waals surface area contributed by atoms with Crippen LogP contribution in [-0.4, -0.2) is 46.5 Å². The molecule has 3 rings (SSSR count). The Bertz CT molecular complexity index is 718. The van der Waals surface area contributed by atoms with Gasteiger partial charge in [0.2, 0.25) is 0 Å². The number of nitrogens with one attached hydrogen (secondary N) is 1. The highest BCUT2D eigenvalue weighted by atomic mass is 16.5. The number of amides is 1. The largest absolute Gasteiger partial charge is 0.478 e. The molecule has 7 nitrogen and oxygen atoms in total. The van der Waals surface area contributed by atoms with E-state index >= 15 is 0 Å². The number of aromatic nitrogens is 2. The second kappa shape index (κ2) is 7.27. The molecule has 1 aromatic carbocycles. The number of ether oxygens (including phenoxy) is 1. The van der Waals surface area contributed by atoms with Gasteiger partial charge in [0, 0.05) is 30.8 Å². The Morgan fingerprint density at radius 1 is 1.29 bits per heavy atom. The van der Waals surface area contributed by atoms with E-state index in [0.29, 0.717) is 24.6 Å². The summed E-state index contributed by atoms with van der Waals surface area (Å²) >= 11 is 0. The number of carboxylic acids is 1. The van der Waals surface area contributed by atoms with Crippen LogP contribution in [0.2, 0.25) is 0 Å². The summed E-state index contributed by atoms with van der Waals surface area (Å²) < 4.78 is 7.18. The summed E-state index contributed by atoms with van der Waals surface area (Å²) in [7, 11) is 0. The molecular formula is C17H19N3O4. The fourth-order valence-electron chi connectivity index (χ4n) is 2.66. The molecule has 0 bridgehead atoms. The van der Waals surface area contributed by atoms with Crippen LogP contribution in [0.1, 0.15) is 38.6 Å². The van der Waals surface area contributed by atoms with Gasteiger partial charge in [-0.15, -0.1) is 0 Å². The van der Waals surface area contributed by atoms with Gasteiger partial charge in [-0.25, -0.2) is 4.79 Å². The van der Waals surface area contributed by atoms with Crippen molar-refractivity contribution < 1.29 is 19.4 Å². The van der Waals surface area contributed by atoms with Gasteiger partial charge >= 0.3 is 5.97 Å². The summed E-state index contributed by atoms with van der Waals surface area (Å²) in [6.45, 7) is 2.57. The third-order valence-electron chi connectivity index (χ3n) is 4.07. The first-order valence-electron chi connectivity index (χ1n) is 7.85. The first-order chi connectivity index (χ1) is 11.6. The van der Waals surface area contributed by atoms with Crippen molar-refractivity contribution in [1.29, 1.82) is 0 Å². The number of carbonyl (C=O) groups excluding carboxylic acids is 1. The van der Waals surface area contributed by atoms with E-state index in [-0.39, 0.29) is 11.5 Å². The standard InChI is InChI=1S/C17H19N3O4/c21-16(12-1-3-13(4-2-12)17(22)23)18-6-7-20-10-15(9-19-20)14-5-8-24-11-14/h1-4,9-10,14H,5-8,11H2,(H,18,21)(H,22,23). The van der Waals surface area contributed by atoms with Crippen LogP contribution in [0.25, 0.3) is 0 Å². The van der Waals surface area contributed by atoms with Crippen LogP contribution in [-0.2, 0) is 11.3 Å². The lowest BCUT2D eigenvalue weighted by atomic mass is 10.0. The lowest BCUT2D eigenvalue weighted by Gasteiger charge is -2.06. The van der Waals surface area contributed by atoms with E-state index in [0.717, 1.165) is 19.6 Å². The summed E-state index contributed by atoms with van der Waals surface area (Å²) in [6.07, 6.45) is 4.87. The topological polar surface area (TPSA) is 93.4 Å². The van der Waals surface area contributed by atoms with Gasteiger partial charge in [-0.2, -0.15) is 5.10 Å². The lowest BCUT2D eigenvalue weighted by Crippen LogP contribution is -2.27. The third kappa shape index (κ3) is 3.80. The summed E-state index contributed by atoms with van der Waals surface area (Å²) in [5.41, 5.74) is 1.76. The number of carbonyl (C=O) groups is 2.